The number of hydrogen-bond donors (Lipinski definition) is 0. The van der Waals surface area contributed by atoms with Gasteiger partial charge in [-0.25, -0.2) is 9.18 Å². The van der Waals surface area contributed by atoms with E-state index < -0.39 is 11.8 Å². The third-order valence-corrected chi connectivity index (χ3v) is 4.02. The van der Waals surface area contributed by atoms with Gasteiger partial charge in [-0.15, -0.1) is 0 Å². The predicted octanol–water partition coefficient (Wildman–Crippen LogP) is 3.48. The van der Waals surface area contributed by atoms with Crippen LogP contribution in [-0.4, -0.2) is 25.8 Å². The Bertz CT molecular complexity index is 750. The first kappa shape index (κ1) is 16.6. The van der Waals surface area contributed by atoms with Gasteiger partial charge in [-0.3, -0.25) is 0 Å². The van der Waals surface area contributed by atoms with Crippen LogP contribution in [0.1, 0.15) is 5.56 Å². The minimum absolute atomic E-state index is 0.00922. The number of ether oxygens (including phenoxy) is 4. The maximum absolute atomic E-state index is 13.4. The molecule has 0 radical (unpaired) electrons. The first-order valence-electron chi connectivity index (χ1n) is 7.24. The van der Waals surface area contributed by atoms with Gasteiger partial charge < -0.3 is 18.9 Å². The summed E-state index contributed by atoms with van der Waals surface area (Å²) in [6.07, 6.45) is 0. The molecule has 0 unspecified atom stereocenters. The van der Waals surface area contributed by atoms with Crippen molar-refractivity contribution in [2.24, 2.45) is 0 Å². The maximum atomic E-state index is 13.4. The quantitative estimate of drug-likeness (QED) is 0.724. The van der Waals surface area contributed by atoms with Gasteiger partial charge >= 0.3 is 5.97 Å². The van der Waals surface area contributed by atoms with E-state index in [1.807, 2.05) is 0 Å². The van der Waals surface area contributed by atoms with Crippen molar-refractivity contribution in [3.8, 4) is 17.2 Å². The highest BCUT2D eigenvalue weighted by Gasteiger charge is 2.16. The maximum Gasteiger partial charge on any atom is 0.344 e. The van der Waals surface area contributed by atoms with Crippen molar-refractivity contribution in [1.82, 2.24) is 0 Å². The van der Waals surface area contributed by atoms with Gasteiger partial charge in [-0.2, -0.15) is 0 Å². The number of rotatable bonds is 5. The fourth-order valence-corrected chi connectivity index (χ4v) is 2.55. The molecule has 3 rings (SSSR count). The molecule has 0 spiro atoms. The van der Waals surface area contributed by atoms with E-state index in [2.05, 4.69) is 15.9 Å². The Kier molecular flexibility index (Phi) is 5.20. The number of para-hydroxylation sites is 1. The number of esters is 1. The third kappa shape index (κ3) is 3.97. The van der Waals surface area contributed by atoms with Crippen LogP contribution in [0.15, 0.2) is 40.9 Å². The van der Waals surface area contributed by atoms with Crippen molar-refractivity contribution in [2.45, 2.75) is 6.61 Å². The van der Waals surface area contributed by atoms with E-state index in [1.165, 1.54) is 12.1 Å². The van der Waals surface area contributed by atoms with Crippen LogP contribution in [-0.2, 0) is 16.1 Å². The van der Waals surface area contributed by atoms with E-state index >= 15 is 0 Å². The zero-order valence-electron chi connectivity index (χ0n) is 12.6. The third-order valence-electron chi connectivity index (χ3n) is 3.28. The van der Waals surface area contributed by atoms with E-state index in [0.29, 0.717) is 24.7 Å². The molecule has 2 aromatic rings. The van der Waals surface area contributed by atoms with Gasteiger partial charge in [0.15, 0.2) is 29.7 Å². The average Bonchev–Trinajstić information content (AvgIpc) is 2.59. The van der Waals surface area contributed by atoms with E-state index in [0.717, 1.165) is 10.0 Å². The first-order chi connectivity index (χ1) is 11.6. The summed E-state index contributed by atoms with van der Waals surface area (Å²) in [5, 5.41) is 0. The molecule has 1 aliphatic heterocycles. The Morgan fingerprint density at radius 1 is 1.17 bits per heavy atom. The van der Waals surface area contributed by atoms with Gasteiger partial charge in [0, 0.05) is 10.0 Å². The number of halogens is 2. The first-order valence-corrected chi connectivity index (χ1v) is 8.04. The Balaban J connectivity index is 1.55. The number of fused-ring (bicyclic) bond motifs is 1. The summed E-state index contributed by atoms with van der Waals surface area (Å²) >= 11 is 3.40. The predicted molar refractivity (Wildman–Crippen MR) is 86.8 cm³/mol. The molecule has 1 heterocycles. The smallest absolute Gasteiger partial charge is 0.344 e. The average molecular weight is 397 g/mol. The van der Waals surface area contributed by atoms with E-state index in [9.17, 15) is 9.18 Å². The lowest BCUT2D eigenvalue weighted by Crippen LogP contribution is -2.17. The van der Waals surface area contributed by atoms with E-state index in [1.54, 1.807) is 24.3 Å². The lowest BCUT2D eigenvalue weighted by atomic mass is 10.2. The molecule has 24 heavy (non-hydrogen) atoms. The molecule has 2 aromatic carbocycles. The summed E-state index contributed by atoms with van der Waals surface area (Å²) in [6.45, 7) is 0.644. The van der Waals surface area contributed by atoms with Gasteiger partial charge in [0.25, 0.3) is 0 Å². The molecule has 126 valence electrons. The molecule has 0 aromatic heterocycles. The van der Waals surface area contributed by atoms with Gasteiger partial charge in [0.05, 0.1) is 0 Å². The number of carbonyl (C=O) groups excluding carboxylic acids is 1. The SMILES string of the molecule is O=C(COc1ccccc1F)OCc1cc2c(cc1Br)OCCO2. The Labute approximate surface area is 146 Å². The highest BCUT2D eigenvalue weighted by Crippen LogP contribution is 2.35. The van der Waals surface area contributed by atoms with E-state index in [-0.39, 0.29) is 19.0 Å². The Morgan fingerprint density at radius 2 is 1.88 bits per heavy atom. The van der Waals surface area contributed by atoms with Gasteiger partial charge in [0.1, 0.15) is 19.8 Å². The standard InChI is InChI=1S/C17H14BrFO5/c18-12-8-16-15(21-5-6-22-16)7-11(12)9-24-17(20)10-23-14-4-2-1-3-13(14)19/h1-4,7-8H,5-6,9-10H2. The van der Waals surface area contributed by atoms with Crippen molar-refractivity contribution in [2.75, 3.05) is 19.8 Å². The fraction of sp³-hybridized carbons (Fsp3) is 0.235. The lowest BCUT2D eigenvalue weighted by Gasteiger charge is -2.19. The number of hydrogen-bond acceptors (Lipinski definition) is 5. The normalized spacial score (nSPS) is 12.6. The molecule has 0 amide bonds. The van der Waals surface area contributed by atoms with Crippen LogP contribution in [0.3, 0.4) is 0 Å². The largest absolute Gasteiger partial charge is 0.486 e. The highest BCUT2D eigenvalue weighted by molar-refractivity contribution is 9.10. The van der Waals surface area contributed by atoms with Gasteiger partial charge in [-0.1, -0.05) is 28.1 Å². The van der Waals surface area contributed by atoms with Crippen molar-refractivity contribution in [3.05, 3.63) is 52.3 Å². The molecule has 5 nitrogen and oxygen atoms in total. The van der Waals surface area contributed by atoms with Crippen molar-refractivity contribution < 1.29 is 28.1 Å². The summed E-state index contributed by atoms with van der Waals surface area (Å²) < 4.78 is 35.3. The zero-order valence-corrected chi connectivity index (χ0v) is 14.2. The van der Waals surface area contributed by atoms with Crippen LogP contribution in [0.5, 0.6) is 17.2 Å². The topological polar surface area (TPSA) is 54.0 Å². The monoisotopic (exact) mass is 396 g/mol. The summed E-state index contributed by atoms with van der Waals surface area (Å²) in [7, 11) is 0. The molecular weight excluding hydrogens is 383 g/mol. The summed E-state index contributed by atoms with van der Waals surface area (Å²) in [4.78, 5) is 11.8. The van der Waals surface area contributed by atoms with Crippen LogP contribution < -0.4 is 14.2 Å². The van der Waals surface area contributed by atoms with Crippen molar-refractivity contribution >= 4 is 21.9 Å². The summed E-state index contributed by atoms with van der Waals surface area (Å²) in [5.74, 6) is 0.138. The zero-order chi connectivity index (χ0) is 16.9. The molecule has 0 aliphatic carbocycles. The molecule has 0 fully saturated rings. The highest BCUT2D eigenvalue weighted by atomic mass is 79.9. The second-order valence-electron chi connectivity index (χ2n) is 4.97. The molecular formula is C17H14BrFO5. The summed E-state index contributed by atoms with van der Waals surface area (Å²) in [5.41, 5.74) is 0.735. The molecule has 0 bridgehead atoms. The van der Waals surface area contributed by atoms with Gasteiger partial charge in [-0.05, 0) is 24.3 Å². The van der Waals surface area contributed by atoms with Crippen LogP contribution in [0, 0.1) is 5.82 Å². The molecule has 1 aliphatic rings. The molecule has 0 N–H and O–H groups in total. The molecule has 0 saturated carbocycles. The minimum atomic E-state index is -0.597. The lowest BCUT2D eigenvalue weighted by molar-refractivity contribution is -0.147. The van der Waals surface area contributed by atoms with Crippen molar-refractivity contribution in [1.29, 1.82) is 0 Å². The number of carbonyl (C=O) groups is 1. The number of benzene rings is 2. The van der Waals surface area contributed by atoms with Crippen LogP contribution in [0.25, 0.3) is 0 Å². The second kappa shape index (κ2) is 7.53. The minimum Gasteiger partial charge on any atom is -0.486 e. The molecule has 7 heteroatoms. The van der Waals surface area contributed by atoms with Crippen molar-refractivity contribution in [3.63, 3.8) is 0 Å². The van der Waals surface area contributed by atoms with Gasteiger partial charge in [0.2, 0.25) is 0 Å². The van der Waals surface area contributed by atoms with Crippen LogP contribution in [0.2, 0.25) is 0 Å². The second-order valence-corrected chi connectivity index (χ2v) is 5.82. The molecule has 0 atom stereocenters. The summed E-state index contributed by atoms with van der Waals surface area (Å²) in [6, 6.07) is 9.39. The fourth-order valence-electron chi connectivity index (χ4n) is 2.12. The van der Waals surface area contributed by atoms with Crippen LogP contribution >= 0.6 is 15.9 Å². The van der Waals surface area contributed by atoms with Crippen LogP contribution in [0.4, 0.5) is 4.39 Å². The van der Waals surface area contributed by atoms with E-state index in [4.69, 9.17) is 18.9 Å². The Morgan fingerprint density at radius 3 is 2.62 bits per heavy atom. The Hall–Kier alpha value is -2.28. The molecule has 0 saturated heterocycles.